The largest absolute Gasteiger partial charge is 0.310 e. The van der Waals surface area contributed by atoms with Crippen LogP contribution >= 0.6 is 11.8 Å². The van der Waals surface area contributed by atoms with Gasteiger partial charge in [0.1, 0.15) is 5.82 Å². The van der Waals surface area contributed by atoms with Gasteiger partial charge in [0.25, 0.3) is 0 Å². The minimum absolute atomic E-state index is 0.104. The summed E-state index contributed by atoms with van der Waals surface area (Å²) in [7, 11) is 0. The summed E-state index contributed by atoms with van der Waals surface area (Å²) in [6, 6.07) is 3.88. The van der Waals surface area contributed by atoms with Crippen LogP contribution in [0.5, 0.6) is 0 Å². The van der Waals surface area contributed by atoms with Crippen molar-refractivity contribution >= 4 is 11.8 Å². The molecule has 1 rings (SSSR count). The lowest BCUT2D eigenvalue weighted by Gasteiger charge is -2.18. The second kappa shape index (κ2) is 7.91. The number of rotatable bonds is 7. The Labute approximate surface area is 121 Å². The van der Waals surface area contributed by atoms with E-state index < -0.39 is 0 Å². The summed E-state index contributed by atoms with van der Waals surface area (Å²) in [6.07, 6.45) is 1.19. The van der Waals surface area contributed by atoms with E-state index in [1.54, 1.807) is 6.07 Å². The van der Waals surface area contributed by atoms with Gasteiger partial charge in [-0.2, -0.15) is 0 Å². The number of thioether (sulfide) groups is 1. The van der Waals surface area contributed by atoms with Crippen molar-refractivity contribution in [3.8, 4) is 0 Å². The number of hydrogen-bond acceptors (Lipinski definition) is 2. The van der Waals surface area contributed by atoms with Crippen molar-refractivity contribution in [2.45, 2.75) is 52.0 Å². The molecule has 3 heteroatoms. The van der Waals surface area contributed by atoms with Crippen LogP contribution in [0.3, 0.4) is 0 Å². The number of hydrogen-bond donors (Lipinski definition) is 1. The summed E-state index contributed by atoms with van der Waals surface area (Å²) in [5, 5.41) is 3.37. The zero-order valence-electron chi connectivity index (χ0n) is 12.7. The summed E-state index contributed by atoms with van der Waals surface area (Å²) in [5.41, 5.74) is 1.82. The Morgan fingerprint density at radius 2 is 1.95 bits per heavy atom. The molecule has 0 aromatic heterocycles. The molecular formula is C16H26FNS. The Morgan fingerprint density at radius 1 is 1.26 bits per heavy atom. The van der Waals surface area contributed by atoms with E-state index in [4.69, 9.17) is 0 Å². The van der Waals surface area contributed by atoms with Crippen LogP contribution in [0.25, 0.3) is 0 Å². The van der Waals surface area contributed by atoms with E-state index in [2.05, 4.69) is 33.0 Å². The molecule has 1 aromatic carbocycles. The van der Waals surface area contributed by atoms with Crippen LogP contribution in [0.1, 0.15) is 51.3 Å². The minimum Gasteiger partial charge on any atom is -0.310 e. The number of halogens is 1. The Morgan fingerprint density at radius 3 is 2.53 bits per heavy atom. The number of nitrogens with one attached hydrogen (secondary N) is 1. The monoisotopic (exact) mass is 283 g/mol. The van der Waals surface area contributed by atoms with E-state index in [9.17, 15) is 4.39 Å². The molecular weight excluding hydrogens is 257 g/mol. The summed E-state index contributed by atoms with van der Waals surface area (Å²) in [6.45, 7) is 11.4. The predicted octanol–water partition coefficient (Wildman–Crippen LogP) is 4.94. The van der Waals surface area contributed by atoms with E-state index in [1.807, 2.05) is 24.8 Å². The summed E-state index contributed by atoms with van der Waals surface area (Å²) >= 11 is 1.85. The van der Waals surface area contributed by atoms with Crippen molar-refractivity contribution in [3.63, 3.8) is 0 Å². The predicted molar refractivity (Wildman–Crippen MR) is 83.4 cm³/mol. The fourth-order valence-corrected chi connectivity index (χ4v) is 3.43. The molecule has 1 N–H and O–H groups in total. The summed E-state index contributed by atoms with van der Waals surface area (Å²) < 4.78 is 13.8. The molecule has 0 spiro atoms. The first kappa shape index (κ1) is 16.5. The van der Waals surface area contributed by atoms with Gasteiger partial charge in [-0.3, -0.25) is 0 Å². The highest BCUT2D eigenvalue weighted by atomic mass is 32.2. The zero-order valence-corrected chi connectivity index (χ0v) is 13.5. The molecule has 1 atom stereocenters. The SMILES string of the molecule is CCNC(C)c1cc(F)c(C)cc1SCCC(C)C. The molecule has 0 aliphatic carbocycles. The standard InChI is InChI=1S/C16H26FNS/c1-6-18-13(5)14-10-15(17)12(4)9-16(14)19-8-7-11(2)3/h9-11,13,18H,6-8H2,1-5H3. The molecule has 19 heavy (non-hydrogen) atoms. The lowest BCUT2D eigenvalue weighted by molar-refractivity contribution is 0.571. The smallest absolute Gasteiger partial charge is 0.126 e. The van der Waals surface area contributed by atoms with Crippen LogP contribution in [-0.2, 0) is 0 Å². The van der Waals surface area contributed by atoms with Crippen molar-refractivity contribution in [2.75, 3.05) is 12.3 Å². The Balaban J connectivity index is 2.89. The van der Waals surface area contributed by atoms with E-state index in [0.29, 0.717) is 5.92 Å². The van der Waals surface area contributed by atoms with E-state index in [1.165, 1.54) is 11.3 Å². The first-order valence-electron chi connectivity index (χ1n) is 7.11. The first-order valence-corrected chi connectivity index (χ1v) is 8.10. The zero-order chi connectivity index (χ0) is 14.4. The van der Waals surface area contributed by atoms with Crippen LogP contribution in [0.2, 0.25) is 0 Å². The van der Waals surface area contributed by atoms with Gasteiger partial charge in [-0.15, -0.1) is 11.8 Å². The third-order valence-electron chi connectivity index (χ3n) is 3.22. The molecule has 1 unspecified atom stereocenters. The van der Waals surface area contributed by atoms with E-state index in [0.717, 1.165) is 23.4 Å². The van der Waals surface area contributed by atoms with E-state index >= 15 is 0 Å². The van der Waals surface area contributed by atoms with Crippen LogP contribution in [0.4, 0.5) is 4.39 Å². The molecule has 108 valence electrons. The van der Waals surface area contributed by atoms with Gasteiger partial charge in [-0.25, -0.2) is 4.39 Å². The second-order valence-corrected chi connectivity index (χ2v) is 6.59. The molecule has 0 aliphatic rings. The van der Waals surface area contributed by atoms with Crippen LogP contribution < -0.4 is 5.32 Å². The molecule has 0 radical (unpaired) electrons. The number of aryl methyl sites for hydroxylation is 1. The summed E-state index contributed by atoms with van der Waals surface area (Å²) in [5.74, 6) is 1.70. The Hall–Kier alpha value is -0.540. The van der Waals surface area contributed by atoms with Crippen LogP contribution in [-0.4, -0.2) is 12.3 Å². The third-order valence-corrected chi connectivity index (χ3v) is 4.33. The molecule has 0 bridgehead atoms. The van der Waals surface area contributed by atoms with Gasteiger partial charge in [0, 0.05) is 10.9 Å². The fourth-order valence-electron chi connectivity index (χ4n) is 1.95. The van der Waals surface area contributed by atoms with Crippen LogP contribution in [0, 0.1) is 18.7 Å². The molecule has 0 aliphatic heterocycles. The van der Waals surface area contributed by atoms with Crippen LogP contribution in [0.15, 0.2) is 17.0 Å². The van der Waals surface area contributed by atoms with Crippen molar-refractivity contribution in [1.29, 1.82) is 0 Å². The lowest BCUT2D eigenvalue weighted by atomic mass is 10.1. The van der Waals surface area contributed by atoms with E-state index in [-0.39, 0.29) is 11.9 Å². The van der Waals surface area contributed by atoms with Gasteiger partial charge in [0.2, 0.25) is 0 Å². The third kappa shape index (κ3) is 5.15. The quantitative estimate of drug-likeness (QED) is 0.711. The van der Waals surface area contributed by atoms with Gasteiger partial charge >= 0.3 is 0 Å². The normalized spacial score (nSPS) is 13.0. The average molecular weight is 283 g/mol. The van der Waals surface area contributed by atoms with Gasteiger partial charge < -0.3 is 5.32 Å². The molecule has 0 saturated heterocycles. The average Bonchev–Trinajstić information content (AvgIpc) is 2.33. The highest BCUT2D eigenvalue weighted by Crippen LogP contribution is 2.31. The minimum atomic E-state index is -0.104. The topological polar surface area (TPSA) is 12.0 Å². The second-order valence-electron chi connectivity index (χ2n) is 5.45. The fraction of sp³-hybridized carbons (Fsp3) is 0.625. The van der Waals surface area contributed by atoms with Crippen molar-refractivity contribution in [1.82, 2.24) is 5.32 Å². The molecule has 0 saturated carbocycles. The molecule has 0 fully saturated rings. The van der Waals surface area contributed by atoms with Crippen molar-refractivity contribution in [2.24, 2.45) is 5.92 Å². The van der Waals surface area contributed by atoms with Gasteiger partial charge in [-0.1, -0.05) is 20.8 Å². The van der Waals surface area contributed by atoms with Gasteiger partial charge in [0.15, 0.2) is 0 Å². The van der Waals surface area contributed by atoms with Crippen molar-refractivity contribution in [3.05, 3.63) is 29.1 Å². The lowest BCUT2D eigenvalue weighted by Crippen LogP contribution is -2.18. The maximum atomic E-state index is 13.8. The van der Waals surface area contributed by atoms with Gasteiger partial charge in [0.05, 0.1) is 0 Å². The highest BCUT2D eigenvalue weighted by Gasteiger charge is 2.13. The Bertz CT molecular complexity index is 404. The maximum absolute atomic E-state index is 13.8. The summed E-state index contributed by atoms with van der Waals surface area (Å²) in [4.78, 5) is 1.22. The first-order chi connectivity index (χ1) is 8.95. The van der Waals surface area contributed by atoms with Crippen molar-refractivity contribution < 1.29 is 4.39 Å². The molecule has 1 nitrogen and oxygen atoms in total. The number of benzene rings is 1. The molecule has 1 aromatic rings. The molecule has 0 amide bonds. The maximum Gasteiger partial charge on any atom is 0.126 e. The highest BCUT2D eigenvalue weighted by molar-refractivity contribution is 7.99. The molecule has 0 heterocycles. The Kier molecular flexibility index (Phi) is 6.87. The van der Waals surface area contributed by atoms with Gasteiger partial charge in [-0.05, 0) is 61.7 Å².